The fraction of sp³-hybridized carbons (Fsp3) is 0.158. The molecule has 0 bridgehead atoms. The summed E-state index contributed by atoms with van der Waals surface area (Å²) in [7, 11) is 1.46. The normalized spacial score (nSPS) is 12.1. The van der Waals surface area contributed by atoms with Crippen LogP contribution < -0.4 is 10.9 Å². The number of carbonyl (C=O) groups is 1. The first-order chi connectivity index (χ1) is 13.6. The molecule has 2 aromatic carbocycles. The molecule has 0 saturated carbocycles. The standard InChI is InChI=1S/C19H14Cl2F3N3O2/c1-8(11-7-25-18(28)15-10(11)3-4-14(22)17(15)24)27(2)19(29)26-9-5-12(20)16(23)13(21)6-9/h3-8H,1-2H3,(H,25,28)(H,26,29). The second kappa shape index (κ2) is 7.96. The van der Waals surface area contributed by atoms with E-state index in [2.05, 4.69) is 10.3 Å². The quantitative estimate of drug-likeness (QED) is 0.526. The molecule has 0 fully saturated rings. The lowest BCUT2D eigenvalue weighted by Crippen LogP contribution is -2.34. The smallest absolute Gasteiger partial charge is 0.322 e. The van der Waals surface area contributed by atoms with Crippen molar-refractivity contribution in [2.45, 2.75) is 13.0 Å². The van der Waals surface area contributed by atoms with Crippen molar-refractivity contribution in [3.05, 3.63) is 73.9 Å². The summed E-state index contributed by atoms with van der Waals surface area (Å²) in [5.41, 5.74) is -0.216. The van der Waals surface area contributed by atoms with E-state index < -0.39 is 40.5 Å². The number of halogens is 5. The Hall–Kier alpha value is -2.71. The maximum Gasteiger partial charge on any atom is 0.322 e. The second-order valence-corrected chi connectivity index (χ2v) is 7.14. The van der Waals surface area contributed by atoms with E-state index in [1.807, 2.05) is 0 Å². The van der Waals surface area contributed by atoms with Gasteiger partial charge in [0.2, 0.25) is 0 Å². The molecular weight excluding hydrogens is 430 g/mol. The van der Waals surface area contributed by atoms with E-state index in [4.69, 9.17) is 23.2 Å². The fourth-order valence-electron chi connectivity index (χ4n) is 2.88. The van der Waals surface area contributed by atoms with Crippen molar-refractivity contribution in [1.29, 1.82) is 0 Å². The van der Waals surface area contributed by atoms with Crippen LogP contribution in [0.15, 0.2) is 35.3 Å². The summed E-state index contributed by atoms with van der Waals surface area (Å²) in [6.45, 7) is 1.64. The van der Waals surface area contributed by atoms with Crippen LogP contribution in [-0.4, -0.2) is 23.0 Å². The molecule has 0 aliphatic rings. The maximum absolute atomic E-state index is 14.1. The summed E-state index contributed by atoms with van der Waals surface area (Å²) in [4.78, 5) is 28.2. The molecule has 3 rings (SSSR count). The van der Waals surface area contributed by atoms with Gasteiger partial charge in [0.1, 0.15) is 0 Å². The molecule has 2 N–H and O–H groups in total. The monoisotopic (exact) mass is 443 g/mol. The van der Waals surface area contributed by atoms with Crippen molar-refractivity contribution in [2.75, 3.05) is 12.4 Å². The summed E-state index contributed by atoms with van der Waals surface area (Å²) >= 11 is 11.4. The Labute approximate surface area is 173 Å². The molecule has 3 aromatic rings. The SMILES string of the molecule is CC(c1c[nH]c(=O)c2c(F)c(F)ccc12)N(C)C(=O)Nc1cc(Cl)c(F)c(Cl)c1. The summed E-state index contributed by atoms with van der Waals surface area (Å²) in [6.07, 6.45) is 1.34. The van der Waals surface area contributed by atoms with E-state index in [1.165, 1.54) is 36.3 Å². The van der Waals surface area contributed by atoms with Crippen molar-refractivity contribution in [1.82, 2.24) is 9.88 Å². The van der Waals surface area contributed by atoms with E-state index in [0.29, 0.717) is 5.56 Å². The third-order valence-corrected chi connectivity index (χ3v) is 5.13. The van der Waals surface area contributed by atoms with E-state index in [1.54, 1.807) is 6.92 Å². The van der Waals surface area contributed by atoms with Crippen LogP contribution >= 0.6 is 23.2 Å². The van der Waals surface area contributed by atoms with Gasteiger partial charge in [-0.05, 0) is 36.1 Å². The molecule has 29 heavy (non-hydrogen) atoms. The molecule has 1 heterocycles. The highest BCUT2D eigenvalue weighted by atomic mass is 35.5. The number of aromatic nitrogens is 1. The number of anilines is 1. The van der Waals surface area contributed by atoms with Gasteiger partial charge in [-0.1, -0.05) is 29.3 Å². The first kappa shape index (κ1) is 21.0. The lowest BCUT2D eigenvalue weighted by Gasteiger charge is -2.26. The van der Waals surface area contributed by atoms with Crippen LogP contribution in [0.3, 0.4) is 0 Å². The Morgan fingerprint density at radius 2 is 1.76 bits per heavy atom. The summed E-state index contributed by atoms with van der Waals surface area (Å²) < 4.78 is 41.2. The molecule has 0 aliphatic carbocycles. The molecular formula is C19H14Cl2F3N3O2. The number of hydrogen-bond acceptors (Lipinski definition) is 2. The number of amides is 2. The first-order valence-corrected chi connectivity index (χ1v) is 9.05. The van der Waals surface area contributed by atoms with Gasteiger partial charge in [0.15, 0.2) is 17.5 Å². The van der Waals surface area contributed by atoms with Gasteiger partial charge in [0.25, 0.3) is 5.56 Å². The molecule has 10 heteroatoms. The van der Waals surface area contributed by atoms with Gasteiger partial charge in [0.05, 0.1) is 21.5 Å². The zero-order valence-electron chi connectivity index (χ0n) is 15.1. The van der Waals surface area contributed by atoms with Gasteiger partial charge in [-0.15, -0.1) is 0 Å². The number of hydrogen-bond donors (Lipinski definition) is 2. The van der Waals surface area contributed by atoms with Crippen LogP contribution in [0.25, 0.3) is 10.8 Å². The molecule has 2 amide bonds. The number of aromatic amines is 1. The highest BCUT2D eigenvalue weighted by Crippen LogP contribution is 2.30. The van der Waals surface area contributed by atoms with E-state index in [-0.39, 0.29) is 21.1 Å². The summed E-state index contributed by atoms with van der Waals surface area (Å²) in [5.74, 6) is -3.22. The summed E-state index contributed by atoms with van der Waals surface area (Å²) in [5, 5.41) is 1.76. The third-order valence-electron chi connectivity index (χ3n) is 4.58. The van der Waals surface area contributed by atoms with Gasteiger partial charge in [-0.2, -0.15) is 0 Å². The van der Waals surface area contributed by atoms with E-state index in [9.17, 15) is 22.8 Å². The van der Waals surface area contributed by atoms with Gasteiger partial charge in [-0.25, -0.2) is 18.0 Å². The van der Waals surface area contributed by atoms with Crippen LogP contribution in [0.2, 0.25) is 10.0 Å². The minimum Gasteiger partial charge on any atom is -0.328 e. The fourth-order valence-corrected chi connectivity index (χ4v) is 3.36. The lowest BCUT2D eigenvalue weighted by atomic mass is 10.0. The van der Waals surface area contributed by atoms with Crippen LogP contribution in [0.5, 0.6) is 0 Å². The Balaban J connectivity index is 1.93. The molecule has 152 valence electrons. The molecule has 1 unspecified atom stereocenters. The van der Waals surface area contributed by atoms with Crippen LogP contribution in [0, 0.1) is 17.5 Å². The second-order valence-electron chi connectivity index (χ2n) is 6.33. The van der Waals surface area contributed by atoms with Gasteiger partial charge < -0.3 is 15.2 Å². The molecule has 0 spiro atoms. The highest BCUT2D eigenvalue weighted by Gasteiger charge is 2.22. The average molecular weight is 444 g/mol. The topological polar surface area (TPSA) is 65.2 Å². The van der Waals surface area contributed by atoms with Crippen LogP contribution in [0.1, 0.15) is 18.5 Å². The van der Waals surface area contributed by atoms with Gasteiger partial charge >= 0.3 is 6.03 Å². The predicted octanol–water partition coefficient (Wildman–Crippen LogP) is 5.48. The highest BCUT2D eigenvalue weighted by molar-refractivity contribution is 6.35. The molecule has 0 radical (unpaired) electrons. The molecule has 0 aliphatic heterocycles. The average Bonchev–Trinajstić information content (AvgIpc) is 2.67. The molecule has 1 atom stereocenters. The summed E-state index contributed by atoms with van der Waals surface area (Å²) in [6, 6.07) is 3.35. The number of carbonyl (C=O) groups excluding carboxylic acids is 1. The number of pyridine rings is 1. The lowest BCUT2D eigenvalue weighted by molar-refractivity contribution is 0.208. The number of rotatable bonds is 3. The van der Waals surface area contributed by atoms with Gasteiger partial charge in [0, 0.05) is 18.9 Å². The minimum absolute atomic E-state index is 0.171. The number of benzene rings is 2. The maximum atomic E-state index is 14.1. The Bertz CT molecular complexity index is 1160. The van der Waals surface area contributed by atoms with Crippen molar-refractivity contribution in [3.8, 4) is 0 Å². The zero-order chi connectivity index (χ0) is 21.5. The van der Waals surface area contributed by atoms with Crippen LogP contribution in [0.4, 0.5) is 23.7 Å². The largest absolute Gasteiger partial charge is 0.328 e. The predicted molar refractivity (Wildman–Crippen MR) is 106 cm³/mol. The number of nitrogens with one attached hydrogen (secondary N) is 2. The van der Waals surface area contributed by atoms with Crippen LogP contribution in [-0.2, 0) is 0 Å². The molecule has 1 aromatic heterocycles. The zero-order valence-corrected chi connectivity index (χ0v) is 16.6. The molecule has 0 saturated heterocycles. The number of fused-ring (bicyclic) bond motifs is 1. The van der Waals surface area contributed by atoms with Gasteiger partial charge in [-0.3, -0.25) is 4.79 Å². The molecule has 5 nitrogen and oxygen atoms in total. The van der Waals surface area contributed by atoms with Crippen molar-refractivity contribution < 1.29 is 18.0 Å². The van der Waals surface area contributed by atoms with Crippen molar-refractivity contribution in [2.24, 2.45) is 0 Å². The number of nitrogens with zero attached hydrogens (tertiary/aromatic N) is 1. The van der Waals surface area contributed by atoms with E-state index >= 15 is 0 Å². The van der Waals surface area contributed by atoms with Crippen molar-refractivity contribution >= 4 is 45.7 Å². The first-order valence-electron chi connectivity index (χ1n) is 8.29. The minimum atomic E-state index is -1.26. The third kappa shape index (κ3) is 3.90. The number of urea groups is 1. The Morgan fingerprint density at radius 1 is 1.14 bits per heavy atom. The Kier molecular flexibility index (Phi) is 5.77. The van der Waals surface area contributed by atoms with Crippen molar-refractivity contribution in [3.63, 3.8) is 0 Å². The Morgan fingerprint density at radius 3 is 2.38 bits per heavy atom. The number of H-pyrrole nitrogens is 1. The van der Waals surface area contributed by atoms with E-state index in [0.717, 1.165) is 6.07 Å².